The molecule has 0 heterocycles. The molecule has 0 aromatic carbocycles. The van der Waals surface area contributed by atoms with Crippen molar-refractivity contribution in [1.29, 1.82) is 0 Å². The Balaban J connectivity index is 2.41. The molecule has 0 radical (unpaired) electrons. The van der Waals surface area contributed by atoms with Gasteiger partial charge in [-0.3, -0.25) is 10.5 Å². The van der Waals surface area contributed by atoms with Gasteiger partial charge in [0.1, 0.15) is 5.60 Å². The zero-order valence-corrected chi connectivity index (χ0v) is 11.4. The van der Waals surface area contributed by atoms with Crippen LogP contribution < -0.4 is 5.73 Å². The largest absolute Gasteiger partial charge is 0.456 e. The highest BCUT2D eigenvalue weighted by Gasteiger charge is 2.29. The maximum atomic E-state index is 11.8. The first-order chi connectivity index (χ1) is 8.29. The number of hydrogen-bond donors (Lipinski definition) is 1. The fraction of sp³-hybridized carbons (Fsp3) is 0.846. The van der Waals surface area contributed by atoms with Crippen LogP contribution in [0.2, 0.25) is 0 Å². The number of hydrogen-bond acceptors (Lipinski definition) is 5. The van der Waals surface area contributed by atoms with E-state index in [4.69, 9.17) is 15.2 Å². The summed E-state index contributed by atoms with van der Waals surface area (Å²) in [7, 11) is 0. The van der Waals surface area contributed by atoms with Crippen LogP contribution in [0.5, 0.6) is 0 Å². The molecule has 1 aliphatic carbocycles. The van der Waals surface area contributed by atoms with Crippen LogP contribution in [-0.2, 0) is 19.1 Å². The first-order valence-corrected chi connectivity index (χ1v) is 6.48. The van der Waals surface area contributed by atoms with Crippen LogP contribution >= 0.6 is 0 Å². The molecule has 0 bridgehead atoms. The molecule has 18 heavy (non-hydrogen) atoms. The van der Waals surface area contributed by atoms with E-state index in [1.165, 1.54) is 0 Å². The lowest BCUT2D eigenvalue weighted by Crippen LogP contribution is -2.41. The summed E-state index contributed by atoms with van der Waals surface area (Å²) in [5.74, 6) is -1.20. The summed E-state index contributed by atoms with van der Waals surface area (Å²) in [5, 5.41) is 0. The lowest BCUT2D eigenvalue weighted by Gasteiger charge is -2.24. The lowest BCUT2D eigenvalue weighted by atomic mass is 9.89. The van der Waals surface area contributed by atoms with E-state index in [-0.39, 0.29) is 11.9 Å². The van der Waals surface area contributed by atoms with Crippen LogP contribution in [0.15, 0.2) is 0 Å². The number of nitrogens with two attached hydrogens (primary N) is 1. The van der Waals surface area contributed by atoms with Crippen LogP contribution in [0.1, 0.15) is 52.9 Å². The van der Waals surface area contributed by atoms with Gasteiger partial charge in [0.2, 0.25) is 6.23 Å². The van der Waals surface area contributed by atoms with Crippen LogP contribution in [0.4, 0.5) is 0 Å². The van der Waals surface area contributed by atoms with Crippen molar-refractivity contribution < 1.29 is 19.1 Å². The van der Waals surface area contributed by atoms with E-state index in [0.29, 0.717) is 0 Å². The van der Waals surface area contributed by atoms with E-state index in [1.54, 1.807) is 20.8 Å². The van der Waals surface area contributed by atoms with Crippen molar-refractivity contribution >= 4 is 11.9 Å². The van der Waals surface area contributed by atoms with E-state index in [1.807, 2.05) is 0 Å². The minimum atomic E-state index is -1.32. The number of rotatable bonds is 3. The Morgan fingerprint density at radius 3 is 2.22 bits per heavy atom. The van der Waals surface area contributed by atoms with Crippen LogP contribution in [0.25, 0.3) is 0 Å². The number of carbonyl (C=O) groups excluding carboxylic acids is 2. The van der Waals surface area contributed by atoms with E-state index < -0.39 is 17.8 Å². The average Bonchev–Trinajstić information content (AvgIpc) is 2.27. The minimum Gasteiger partial charge on any atom is -0.456 e. The third-order valence-corrected chi connectivity index (χ3v) is 2.82. The molecule has 0 aliphatic heterocycles. The van der Waals surface area contributed by atoms with Gasteiger partial charge in [0.15, 0.2) is 0 Å². The van der Waals surface area contributed by atoms with E-state index in [2.05, 4.69) is 0 Å². The predicted molar refractivity (Wildman–Crippen MR) is 66.5 cm³/mol. The average molecular weight is 257 g/mol. The summed E-state index contributed by atoms with van der Waals surface area (Å²) < 4.78 is 10.0. The molecule has 1 atom stereocenters. The molecular weight excluding hydrogens is 234 g/mol. The Morgan fingerprint density at radius 2 is 1.72 bits per heavy atom. The molecule has 0 aromatic rings. The van der Waals surface area contributed by atoms with Gasteiger partial charge in [-0.2, -0.15) is 0 Å². The van der Waals surface area contributed by atoms with E-state index in [9.17, 15) is 9.59 Å². The van der Waals surface area contributed by atoms with Crippen LogP contribution in [0, 0.1) is 5.92 Å². The fourth-order valence-electron chi connectivity index (χ4n) is 1.97. The van der Waals surface area contributed by atoms with Crippen LogP contribution in [-0.4, -0.2) is 23.8 Å². The number of esters is 2. The van der Waals surface area contributed by atoms with E-state index in [0.717, 1.165) is 32.1 Å². The first kappa shape index (κ1) is 15.0. The summed E-state index contributed by atoms with van der Waals surface area (Å²) in [6.07, 6.45) is 3.53. The predicted octanol–water partition coefficient (Wildman–Crippen LogP) is 1.74. The first-order valence-electron chi connectivity index (χ1n) is 6.48. The molecule has 0 spiro atoms. The zero-order chi connectivity index (χ0) is 13.8. The summed E-state index contributed by atoms with van der Waals surface area (Å²) in [4.78, 5) is 23.3. The smallest absolute Gasteiger partial charge is 0.363 e. The van der Waals surface area contributed by atoms with Crippen molar-refractivity contribution in [2.24, 2.45) is 11.7 Å². The van der Waals surface area contributed by atoms with Crippen molar-refractivity contribution in [3.63, 3.8) is 0 Å². The molecule has 1 aliphatic rings. The summed E-state index contributed by atoms with van der Waals surface area (Å²) in [6, 6.07) is 0. The third kappa shape index (κ3) is 5.04. The molecular formula is C13H23NO4. The Morgan fingerprint density at radius 1 is 1.17 bits per heavy atom. The van der Waals surface area contributed by atoms with Crippen molar-refractivity contribution in [2.75, 3.05) is 0 Å². The molecule has 5 nitrogen and oxygen atoms in total. The summed E-state index contributed by atoms with van der Waals surface area (Å²) in [5.41, 5.74) is 4.88. The molecule has 1 unspecified atom stereocenters. The second kappa shape index (κ2) is 6.18. The van der Waals surface area contributed by atoms with E-state index >= 15 is 0 Å². The van der Waals surface area contributed by atoms with Gasteiger partial charge in [-0.05, 0) is 33.6 Å². The molecule has 2 N–H and O–H groups in total. The van der Waals surface area contributed by atoms with Gasteiger partial charge in [0, 0.05) is 0 Å². The Labute approximate surface area is 108 Å². The molecule has 0 saturated heterocycles. The highest BCUT2D eigenvalue weighted by Crippen LogP contribution is 2.24. The van der Waals surface area contributed by atoms with Crippen molar-refractivity contribution in [3.05, 3.63) is 0 Å². The van der Waals surface area contributed by atoms with Gasteiger partial charge in [-0.25, -0.2) is 4.79 Å². The molecule has 0 amide bonds. The van der Waals surface area contributed by atoms with Gasteiger partial charge < -0.3 is 9.47 Å². The Bertz CT molecular complexity index is 303. The van der Waals surface area contributed by atoms with Crippen LogP contribution in [0.3, 0.4) is 0 Å². The highest BCUT2D eigenvalue weighted by molar-refractivity contribution is 5.80. The Hall–Kier alpha value is -1.10. The molecule has 0 aromatic heterocycles. The zero-order valence-electron chi connectivity index (χ0n) is 11.4. The minimum absolute atomic E-state index is 0.118. The maximum absolute atomic E-state index is 11.8. The van der Waals surface area contributed by atoms with Gasteiger partial charge in [-0.1, -0.05) is 19.3 Å². The molecule has 1 fully saturated rings. The van der Waals surface area contributed by atoms with Gasteiger partial charge in [0.05, 0.1) is 5.92 Å². The molecule has 1 rings (SSSR count). The van der Waals surface area contributed by atoms with Gasteiger partial charge in [0.25, 0.3) is 0 Å². The monoisotopic (exact) mass is 257 g/mol. The van der Waals surface area contributed by atoms with Crippen molar-refractivity contribution in [1.82, 2.24) is 0 Å². The lowest BCUT2D eigenvalue weighted by molar-refractivity contribution is -0.177. The molecule has 5 heteroatoms. The number of carbonyl (C=O) groups is 2. The summed E-state index contributed by atoms with van der Waals surface area (Å²) >= 11 is 0. The topological polar surface area (TPSA) is 78.6 Å². The number of ether oxygens (including phenoxy) is 2. The Kier molecular flexibility index (Phi) is 5.14. The van der Waals surface area contributed by atoms with Crippen molar-refractivity contribution in [3.8, 4) is 0 Å². The molecule has 104 valence electrons. The summed E-state index contributed by atoms with van der Waals surface area (Å²) in [6.45, 7) is 5.21. The fourth-order valence-corrected chi connectivity index (χ4v) is 1.97. The van der Waals surface area contributed by atoms with Gasteiger partial charge >= 0.3 is 11.9 Å². The SMILES string of the molecule is CC(C)(C)OC(=O)C(N)OC(=O)C1CCCCC1. The maximum Gasteiger partial charge on any atom is 0.363 e. The second-order valence-electron chi connectivity index (χ2n) is 5.73. The van der Waals surface area contributed by atoms with Crippen molar-refractivity contribution in [2.45, 2.75) is 64.7 Å². The molecule has 1 saturated carbocycles. The van der Waals surface area contributed by atoms with Gasteiger partial charge in [-0.15, -0.1) is 0 Å². The second-order valence-corrected chi connectivity index (χ2v) is 5.73. The quantitative estimate of drug-likeness (QED) is 0.615. The standard InChI is InChI=1S/C13H23NO4/c1-13(2,3)18-12(16)10(14)17-11(15)9-7-5-4-6-8-9/h9-10H,4-8,14H2,1-3H3. The highest BCUT2D eigenvalue weighted by atomic mass is 16.6. The third-order valence-electron chi connectivity index (χ3n) is 2.82. The normalized spacial score (nSPS) is 19.1.